The van der Waals surface area contributed by atoms with Gasteiger partial charge in [0.25, 0.3) is 0 Å². The summed E-state index contributed by atoms with van der Waals surface area (Å²) in [4.78, 5) is 2.24. The lowest BCUT2D eigenvalue weighted by molar-refractivity contribution is 0.104. The topological polar surface area (TPSA) is 73.3 Å². The van der Waals surface area contributed by atoms with E-state index in [1.807, 2.05) is 0 Å². The lowest BCUT2D eigenvalue weighted by Crippen LogP contribution is -2.43. The van der Waals surface area contributed by atoms with Gasteiger partial charge in [0.2, 0.25) is 0 Å². The number of nitrogens with zero attached hydrogens (tertiary/aromatic N) is 1. The summed E-state index contributed by atoms with van der Waals surface area (Å²) in [7, 11) is 0. The van der Waals surface area contributed by atoms with Crippen molar-refractivity contribution in [2.75, 3.05) is 19.7 Å². The van der Waals surface area contributed by atoms with Crippen molar-refractivity contribution in [2.24, 2.45) is 5.73 Å². The predicted molar refractivity (Wildman–Crippen MR) is 52.8 cm³/mol. The highest BCUT2D eigenvalue weighted by molar-refractivity contribution is 5.76. The van der Waals surface area contributed by atoms with Crippen LogP contribution in [-0.4, -0.2) is 41.6 Å². The molecule has 4 heteroatoms. The molecule has 0 amide bonds. The first-order valence-electron chi connectivity index (χ1n) is 4.92. The van der Waals surface area contributed by atoms with Crippen LogP contribution in [0.1, 0.15) is 25.7 Å². The van der Waals surface area contributed by atoms with E-state index in [1.54, 1.807) is 0 Å². The maximum absolute atomic E-state index is 8.84. The number of amidine groups is 1. The van der Waals surface area contributed by atoms with Crippen molar-refractivity contribution in [3.8, 4) is 0 Å². The number of hydrogen-bond acceptors (Lipinski definition) is 3. The Morgan fingerprint density at radius 3 is 2.54 bits per heavy atom. The first-order valence-corrected chi connectivity index (χ1v) is 4.92. The van der Waals surface area contributed by atoms with Crippen LogP contribution < -0.4 is 5.73 Å². The standard InChI is InChI=1S/C9H19N3O/c10-9(11)4-5-12(6-7-13)8-2-1-3-8/h8,13H,1-7H2,(H3,10,11). The molecule has 1 rings (SSSR count). The number of rotatable bonds is 6. The summed E-state index contributed by atoms with van der Waals surface area (Å²) in [5.74, 6) is 0.238. The van der Waals surface area contributed by atoms with Gasteiger partial charge >= 0.3 is 0 Å². The third kappa shape index (κ3) is 3.32. The fraction of sp³-hybridized carbons (Fsp3) is 0.889. The zero-order chi connectivity index (χ0) is 9.68. The smallest absolute Gasteiger partial charge is 0.0918 e. The highest BCUT2D eigenvalue weighted by Crippen LogP contribution is 2.24. The highest BCUT2D eigenvalue weighted by atomic mass is 16.3. The SMILES string of the molecule is N=C(N)CCN(CCO)C1CCC1. The van der Waals surface area contributed by atoms with Crippen LogP contribution in [-0.2, 0) is 0 Å². The Morgan fingerprint density at radius 1 is 1.46 bits per heavy atom. The van der Waals surface area contributed by atoms with Crippen LogP contribution in [0.15, 0.2) is 0 Å². The van der Waals surface area contributed by atoms with E-state index >= 15 is 0 Å². The summed E-state index contributed by atoms with van der Waals surface area (Å²) in [6.45, 7) is 1.74. The molecular weight excluding hydrogens is 166 g/mol. The molecule has 0 aromatic carbocycles. The maximum atomic E-state index is 8.84. The van der Waals surface area contributed by atoms with Crippen LogP contribution in [0.5, 0.6) is 0 Å². The third-order valence-corrected chi connectivity index (χ3v) is 2.65. The number of aliphatic hydroxyl groups excluding tert-OH is 1. The quantitative estimate of drug-likeness (QED) is 0.407. The molecule has 4 nitrogen and oxygen atoms in total. The monoisotopic (exact) mass is 185 g/mol. The van der Waals surface area contributed by atoms with E-state index in [2.05, 4.69) is 4.90 Å². The van der Waals surface area contributed by atoms with Gasteiger partial charge in [-0.2, -0.15) is 0 Å². The molecular formula is C9H19N3O. The maximum Gasteiger partial charge on any atom is 0.0918 e. The molecule has 0 bridgehead atoms. The van der Waals surface area contributed by atoms with E-state index in [0.717, 1.165) is 13.1 Å². The van der Waals surface area contributed by atoms with Gasteiger partial charge in [-0.05, 0) is 12.8 Å². The van der Waals surface area contributed by atoms with Crippen LogP contribution >= 0.6 is 0 Å². The first kappa shape index (κ1) is 10.5. The molecule has 1 fully saturated rings. The average Bonchev–Trinajstić information content (AvgIpc) is 1.97. The van der Waals surface area contributed by atoms with Crippen molar-refractivity contribution in [3.05, 3.63) is 0 Å². The second-order valence-electron chi connectivity index (χ2n) is 3.62. The molecule has 0 atom stereocenters. The van der Waals surface area contributed by atoms with Crippen molar-refractivity contribution in [3.63, 3.8) is 0 Å². The molecule has 13 heavy (non-hydrogen) atoms. The molecule has 76 valence electrons. The molecule has 0 radical (unpaired) electrons. The summed E-state index contributed by atoms with van der Waals surface area (Å²) < 4.78 is 0. The number of hydrogen-bond donors (Lipinski definition) is 3. The molecule has 0 spiro atoms. The van der Waals surface area contributed by atoms with Crippen LogP contribution in [0, 0.1) is 5.41 Å². The van der Waals surface area contributed by atoms with Gasteiger partial charge in [-0.3, -0.25) is 10.3 Å². The van der Waals surface area contributed by atoms with Crippen molar-refractivity contribution < 1.29 is 5.11 Å². The molecule has 1 aliphatic carbocycles. The van der Waals surface area contributed by atoms with E-state index < -0.39 is 0 Å². The first-order chi connectivity index (χ1) is 6.24. The zero-order valence-electron chi connectivity index (χ0n) is 8.00. The van der Waals surface area contributed by atoms with Crippen LogP contribution in [0.4, 0.5) is 0 Å². The molecule has 0 aromatic rings. The van der Waals surface area contributed by atoms with Gasteiger partial charge in [0.05, 0.1) is 12.4 Å². The molecule has 1 saturated carbocycles. The van der Waals surface area contributed by atoms with Gasteiger partial charge in [0.1, 0.15) is 0 Å². The second kappa shape index (κ2) is 5.19. The van der Waals surface area contributed by atoms with Gasteiger partial charge < -0.3 is 10.8 Å². The fourth-order valence-corrected chi connectivity index (χ4v) is 1.62. The minimum Gasteiger partial charge on any atom is -0.395 e. The van der Waals surface area contributed by atoms with Crippen LogP contribution in [0.2, 0.25) is 0 Å². The van der Waals surface area contributed by atoms with E-state index in [0.29, 0.717) is 12.5 Å². The Balaban J connectivity index is 2.24. The lowest BCUT2D eigenvalue weighted by atomic mass is 9.91. The van der Waals surface area contributed by atoms with Gasteiger partial charge in [-0.25, -0.2) is 0 Å². The fourth-order valence-electron chi connectivity index (χ4n) is 1.62. The van der Waals surface area contributed by atoms with Crippen LogP contribution in [0.25, 0.3) is 0 Å². The van der Waals surface area contributed by atoms with Crippen molar-refractivity contribution in [1.29, 1.82) is 5.41 Å². The van der Waals surface area contributed by atoms with Gasteiger partial charge in [-0.1, -0.05) is 6.42 Å². The van der Waals surface area contributed by atoms with Crippen molar-refractivity contribution in [1.82, 2.24) is 4.90 Å². The largest absolute Gasteiger partial charge is 0.395 e. The zero-order valence-corrected chi connectivity index (χ0v) is 8.00. The predicted octanol–water partition coefficient (Wildman–Crippen LogP) is 0.159. The third-order valence-electron chi connectivity index (χ3n) is 2.65. The number of nitrogens with one attached hydrogen (secondary N) is 1. The number of aliphatic hydroxyl groups is 1. The Kier molecular flexibility index (Phi) is 4.18. The normalized spacial score (nSPS) is 17.4. The summed E-state index contributed by atoms with van der Waals surface area (Å²) in [5, 5.41) is 16.0. The summed E-state index contributed by atoms with van der Waals surface area (Å²) in [6.07, 6.45) is 4.39. The molecule has 0 aliphatic heterocycles. The number of nitrogens with two attached hydrogens (primary N) is 1. The van der Waals surface area contributed by atoms with Crippen molar-refractivity contribution in [2.45, 2.75) is 31.7 Å². The van der Waals surface area contributed by atoms with Gasteiger partial charge in [0, 0.05) is 25.6 Å². The minimum absolute atomic E-state index is 0.203. The van der Waals surface area contributed by atoms with E-state index in [9.17, 15) is 0 Å². The van der Waals surface area contributed by atoms with Gasteiger partial charge in [0.15, 0.2) is 0 Å². The average molecular weight is 185 g/mol. The van der Waals surface area contributed by atoms with E-state index in [1.165, 1.54) is 19.3 Å². The highest BCUT2D eigenvalue weighted by Gasteiger charge is 2.23. The Labute approximate surface area is 79.2 Å². The lowest BCUT2D eigenvalue weighted by Gasteiger charge is -2.37. The summed E-state index contributed by atoms with van der Waals surface area (Å²) in [5.41, 5.74) is 5.29. The van der Waals surface area contributed by atoms with Crippen LogP contribution in [0.3, 0.4) is 0 Å². The molecule has 0 heterocycles. The molecule has 4 N–H and O–H groups in total. The van der Waals surface area contributed by atoms with E-state index in [4.69, 9.17) is 16.2 Å². The van der Waals surface area contributed by atoms with E-state index in [-0.39, 0.29) is 12.4 Å². The summed E-state index contributed by atoms with van der Waals surface area (Å²) >= 11 is 0. The Hall–Kier alpha value is -0.610. The molecule has 0 unspecified atom stereocenters. The Bertz CT molecular complexity index is 168. The Morgan fingerprint density at radius 2 is 2.15 bits per heavy atom. The minimum atomic E-state index is 0.203. The van der Waals surface area contributed by atoms with Crippen molar-refractivity contribution >= 4 is 5.84 Å². The molecule has 1 aliphatic rings. The molecule has 0 aromatic heterocycles. The molecule has 0 saturated heterocycles. The van der Waals surface area contributed by atoms with Gasteiger partial charge in [-0.15, -0.1) is 0 Å². The second-order valence-corrected chi connectivity index (χ2v) is 3.62. The summed E-state index contributed by atoms with van der Waals surface area (Å²) in [6, 6.07) is 0.631.